The van der Waals surface area contributed by atoms with Gasteiger partial charge in [-0.15, -0.1) is 0 Å². The van der Waals surface area contributed by atoms with Gasteiger partial charge in [-0.1, -0.05) is 26.7 Å². The molecule has 0 amide bonds. The first kappa shape index (κ1) is 16.2. The van der Waals surface area contributed by atoms with Crippen LogP contribution in [0.15, 0.2) is 0 Å². The summed E-state index contributed by atoms with van der Waals surface area (Å²) >= 11 is 0. The Balaban J connectivity index is 4.03. The predicted octanol–water partition coefficient (Wildman–Crippen LogP) is 4.23. The molecule has 4 nitrogen and oxygen atoms in total. The number of ether oxygens (including phenoxy) is 1. The van der Waals surface area contributed by atoms with E-state index in [4.69, 9.17) is 9.62 Å². The number of hydrogen-bond donors (Lipinski definition) is 0. The first-order chi connectivity index (χ1) is 7.72. The summed E-state index contributed by atoms with van der Waals surface area (Å²) in [6, 6.07) is 0. The maximum Gasteiger partial charge on any atom is 0.541 e. The van der Waals surface area contributed by atoms with Crippen LogP contribution in [0.25, 0.3) is 0 Å². The lowest BCUT2D eigenvalue weighted by Gasteiger charge is -2.26. The van der Waals surface area contributed by atoms with Gasteiger partial charge in [-0.2, -0.15) is 4.89 Å². The summed E-state index contributed by atoms with van der Waals surface area (Å²) < 4.78 is 5.17. The van der Waals surface area contributed by atoms with Gasteiger partial charge in [0.2, 0.25) is 0 Å². The van der Waals surface area contributed by atoms with E-state index in [0.29, 0.717) is 0 Å². The molecule has 0 fully saturated rings. The Morgan fingerprint density at radius 2 is 1.41 bits per heavy atom. The van der Waals surface area contributed by atoms with Crippen molar-refractivity contribution < 1.29 is 19.3 Å². The molecule has 0 aliphatic heterocycles. The van der Waals surface area contributed by atoms with Gasteiger partial charge in [-0.05, 0) is 40.5 Å². The molecule has 0 unspecified atom stereocenters. The van der Waals surface area contributed by atoms with Crippen LogP contribution >= 0.6 is 0 Å². The van der Waals surface area contributed by atoms with Crippen molar-refractivity contribution in [1.82, 2.24) is 0 Å². The summed E-state index contributed by atoms with van der Waals surface area (Å²) in [4.78, 5) is 21.2. The second-order valence-electron chi connectivity index (χ2n) is 5.54. The highest BCUT2D eigenvalue weighted by Crippen LogP contribution is 2.20. The molecular formula is C13H26O4. The molecular weight excluding hydrogens is 220 g/mol. The summed E-state index contributed by atoms with van der Waals surface area (Å²) in [6.07, 6.45) is 2.75. The molecule has 0 aliphatic carbocycles. The maximum absolute atomic E-state index is 11.4. The Morgan fingerprint density at radius 3 is 1.88 bits per heavy atom. The van der Waals surface area contributed by atoms with E-state index >= 15 is 0 Å². The molecule has 0 rings (SSSR count). The zero-order chi connectivity index (χ0) is 13.5. The summed E-state index contributed by atoms with van der Waals surface area (Å²) in [5, 5.41) is 0. The lowest BCUT2D eigenvalue weighted by Crippen LogP contribution is -2.31. The van der Waals surface area contributed by atoms with Gasteiger partial charge >= 0.3 is 6.16 Å². The third kappa shape index (κ3) is 8.02. The van der Waals surface area contributed by atoms with Crippen LogP contribution < -0.4 is 0 Å². The van der Waals surface area contributed by atoms with Crippen molar-refractivity contribution in [2.45, 2.75) is 78.4 Å². The highest BCUT2D eigenvalue weighted by molar-refractivity contribution is 5.59. The fraction of sp³-hybridized carbons (Fsp3) is 0.923. The first-order valence-corrected chi connectivity index (χ1v) is 6.31. The summed E-state index contributed by atoms with van der Waals surface area (Å²) in [5.74, 6) is 0. The molecule has 17 heavy (non-hydrogen) atoms. The highest BCUT2D eigenvalue weighted by atomic mass is 17.2. The molecule has 0 aromatic heterocycles. The highest BCUT2D eigenvalue weighted by Gasteiger charge is 2.26. The summed E-state index contributed by atoms with van der Waals surface area (Å²) in [6.45, 7) is 11.6. The minimum atomic E-state index is -0.771. The molecule has 0 N–H and O–H groups in total. The van der Waals surface area contributed by atoms with Crippen molar-refractivity contribution in [1.29, 1.82) is 0 Å². The van der Waals surface area contributed by atoms with Gasteiger partial charge in [-0.25, -0.2) is 4.79 Å². The molecule has 0 aliphatic rings. The van der Waals surface area contributed by atoms with Gasteiger partial charge in [-0.3, -0.25) is 4.89 Å². The van der Waals surface area contributed by atoms with Gasteiger partial charge in [0.1, 0.15) is 11.2 Å². The molecule has 4 heteroatoms. The van der Waals surface area contributed by atoms with Crippen molar-refractivity contribution in [3.8, 4) is 0 Å². The van der Waals surface area contributed by atoms with Crippen molar-refractivity contribution >= 4 is 6.16 Å². The van der Waals surface area contributed by atoms with Crippen LogP contribution in [0.4, 0.5) is 4.79 Å². The van der Waals surface area contributed by atoms with Crippen LogP contribution in [0.3, 0.4) is 0 Å². The first-order valence-electron chi connectivity index (χ1n) is 6.31. The normalized spacial score (nSPS) is 12.4. The molecule has 0 spiro atoms. The lowest BCUT2D eigenvalue weighted by atomic mass is 10.0. The van der Waals surface area contributed by atoms with E-state index < -0.39 is 17.4 Å². The predicted molar refractivity (Wildman–Crippen MR) is 66.6 cm³/mol. The zero-order valence-corrected chi connectivity index (χ0v) is 12.0. The smallest absolute Gasteiger partial charge is 0.426 e. The van der Waals surface area contributed by atoms with Gasteiger partial charge in [0.05, 0.1) is 0 Å². The van der Waals surface area contributed by atoms with Crippen LogP contribution in [-0.4, -0.2) is 17.4 Å². The second kappa shape index (κ2) is 6.84. The van der Waals surface area contributed by atoms with Crippen molar-refractivity contribution in [2.75, 3.05) is 0 Å². The Bertz CT molecular complexity index is 234. The fourth-order valence-corrected chi connectivity index (χ4v) is 1.69. The second-order valence-corrected chi connectivity index (χ2v) is 5.54. The molecule has 0 saturated heterocycles. The Kier molecular flexibility index (Phi) is 6.53. The molecule has 0 radical (unpaired) electrons. The van der Waals surface area contributed by atoms with E-state index in [2.05, 4.69) is 4.89 Å². The average Bonchev–Trinajstić information content (AvgIpc) is 2.14. The van der Waals surface area contributed by atoms with E-state index in [1.807, 2.05) is 41.5 Å². The maximum atomic E-state index is 11.4. The molecule has 0 saturated carbocycles. The summed E-state index contributed by atoms with van der Waals surface area (Å²) in [7, 11) is 0. The van der Waals surface area contributed by atoms with E-state index in [9.17, 15) is 4.79 Å². The summed E-state index contributed by atoms with van der Waals surface area (Å²) in [5.41, 5.74) is -0.979. The standard InChI is InChI=1S/C13H26O4/c1-7-9-12(3,4)15-11(14)16-17-13(5,6)10-8-2/h7-10H2,1-6H3. The van der Waals surface area contributed by atoms with Crippen LogP contribution in [-0.2, 0) is 14.5 Å². The average molecular weight is 246 g/mol. The largest absolute Gasteiger partial charge is 0.541 e. The molecule has 0 bridgehead atoms. The zero-order valence-electron chi connectivity index (χ0n) is 12.0. The van der Waals surface area contributed by atoms with Gasteiger partial charge in [0.25, 0.3) is 0 Å². The topological polar surface area (TPSA) is 44.8 Å². The minimum Gasteiger partial charge on any atom is -0.426 e. The minimum absolute atomic E-state index is 0.470. The quantitative estimate of drug-likeness (QED) is 0.383. The lowest BCUT2D eigenvalue weighted by molar-refractivity contribution is -0.322. The van der Waals surface area contributed by atoms with Crippen LogP contribution in [0, 0.1) is 0 Å². The molecule has 0 atom stereocenters. The Hall–Kier alpha value is -0.770. The Morgan fingerprint density at radius 1 is 0.941 bits per heavy atom. The van der Waals surface area contributed by atoms with E-state index in [0.717, 1.165) is 25.7 Å². The van der Waals surface area contributed by atoms with E-state index in [1.54, 1.807) is 0 Å². The number of carbonyl (C=O) groups excluding carboxylic acids is 1. The van der Waals surface area contributed by atoms with Crippen LogP contribution in [0.2, 0.25) is 0 Å². The third-order valence-electron chi connectivity index (χ3n) is 2.40. The van der Waals surface area contributed by atoms with E-state index in [-0.39, 0.29) is 0 Å². The van der Waals surface area contributed by atoms with Crippen molar-refractivity contribution in [3.63, 3.8) is 0 Å². The van der Waals surface area contributed by atoms with Gasteiger partial charge in [0, 0.05) is 0 Å². The number of rotatable bonds is 7. The molecule has 0 aromatic carbocycles. The van der Waals surface area contributed by atoms with Crippen molar-refractivity contribution in [2.24, 2.45) is 0 Å². The van der Waals surface area contributed by atoms with Gasteiger partial charge in [0.15, 0.2) is 0 Å². The monoisotopic (exact) mass is 246 g/mol. The van der Waals surface area contributed by atoms with Crippen LogP contribution in [0.5, 0.6) is 0 Å². The van der Waals surface area contributed by atoms with Crippen LogP contribution in [0.1, 0.15) is 67.2 Å². The number of hydrogen-bond acceptors (Lipinski definition) is 4. The number of carbonyl (C=O) groups is 1. The molecule has 0 heterocycles. The van der Waals surface area contributed by atoms with E-state index in [1.165, 1.54) is 0 Å². The SMILES string of the molecule is CCCC(C)(C)OOC(=O)OC(C)(C)CCC. The molecule has 102 valence electrons. The fourth-order valence-electron chi connectivity index (χ4n) is 1.69. The Labute approximate surface area is 105 Å². The third-order valence-corrected chi connectivity index (χ3v) is 2.40. The van der Waals surface area contributed by atoms with Crippen molar-refractivity contribution in [3.05, 3.63) is 0 Å². The molecule has 0 aromatic rings. The van der Waals surface area contributed by atoms with Gasteiger partial charge < -0.3 is 4.74 Å².